The van der Waals surface area contributed by atoms with E-state index in [1.807, 2.05) is 19.9 Å². The first-order valence-corrected chi connectivity index (χ1v) is 13.2. The van der Waals surface area contributed by atoms with E-state index in [9.17, 15) is 15.0 Å². The number of hydrogen-bond acceptors (Lipinski definition) is 4. The summed E-state index contributed by atoms with van der Waals surface area (Å²) in [6.07, 6.45) is 7.29. The Morgan fingerprint density at radius 2 is 2.00 bits per heavy atom. The predicted molar refractivity (Wildman–Crippen MR) is 129 cm³/mol. The minimum Gasteiger partial charge on any atom is -0.507 e. The lowest BCUT2D eigenvalue weighted by molar-refractivity contribution is -0.993. The van der Waals surface area contributed by atoms with Gasteiger partial charge in [0.05, 0.1) is 42.8 Å². The normalized spacial score (nSPS) is 42.7. The Kier molecular flexibility index (Phi) is 4.68. The summed E-state index contributed by atoms with van der Waals surface area (Å²) in [5.41, 5.74) is 6.71. The van der Waals surface area contributed by atoms with Crippen molar-refractivity contribution in [1.29, 1.82) is 0 Å². The molecule has 5 fully saturated rings. The predicted octanol–water partition coefficient (Wildman–Crippen LogP) is 3.33. The fourth-order valence-corrected chi connectivity index (χ4v) is 9.64. The molecule has 4 N–H and O–H groups in total. The number of nitrogens with two attached hydrogens (primary N) is 1. The number of amides is 1. The van der Waals surface area contributed by atoms with Gasteiger partial charge in [0.25, 0.3) is 5.91 Å². The largest absolute Gasteiger partial charge is 0.507 e. The van der Waals surface area contributed by atoms with E-state index >= 15 is 0 Å². The molecule has 6 nitrogen and oxygen atoms in total. The van der Waals surface area contributed by atoms with E-state index in [2.05, 4.69) is 7.05 Å². The van der Waals surface area contributed by atoms with Crippen LogP contribution in [0.4, 0.5) is 0 Å². The standard InChI is InChI=1S/C28H40N2O4/c1-26(2,33)21-13-27-9-10-28(21,34-4)12-20(27)22-17(7-8-19(23(22)31)25(29)32)11-18-15-30(3,24(18)27)14-16-5-6-16/h7-8,16,18,20-21,24,33H,5-6,9-15H2,1-4H3,(H2-,29,31,32)/p+1/t18?,20?,21-,24-,27+,28+,30+/m1/s1. The van der Waals surface area contributed by atoms with E-state index in [0.29, 0.717) is 12.0 Å². The van der Waals surface area contributed by atoms with Crippen LogP contribution in [0.1, 0.15) is 79.8 Å². The van der Waals surface area contributed by atoms with Gasteiger partial charge in [-0.15, -0.1) is 0 Å². The fourth-order valence-electron chi connectivity index (χ4n) is 9.64. The number of carbonyl (C=O) groups excluding carboxylic acids is 1. The second kappa shape index (κ2) is 6.98. The minimum atomic E-state index is -0.847. The number of quaternary nitrogens is 1. The molecule has 186 valence electrons. The molecule has 2 bridgehead atoms. The number of ether oxygens (including phenoxy) is 1. The summed E-state index contributed by atoms with van der Waals surface area (Å²) in [5.74, 6) is 1.05. The second-order valence-corrected chi connectivity index (χ2v) is 13.3. The third kappa shape index (κ3) is 2.94. The van der Waals surface area contributed by atoms with Gasteiger partial charge in [-0.3, -0.25) is 4.79 Å². The number of likely N-dealkylation sites (tertiary alicyclic amines) is 1. The fraction of sp³-hybridized carbons (Fsp3) is 0.750. The second-order valence-electron chi connectivity index (χ2n) is 13.3. The minimum absolute atomic E-state index is 0.0312. The number of methoxy groups -OCH3 is 1. The molecule has 5 aliphatic carbocycles. The van der Waals surface area contributed by atoms with Crippen molar-refractivity contribution in [2.24, 2.45) is 28.9 Å². The summed E-state index contributed by atoms with van der Waals surface area (Å²) in [4.78, 5) is 12.2. The number of aliphatic hydroxyl groups is 1. The molecular weight excluding hydrogens is 428 g/mol. The van der Waals surface area contributed by atoms with Crippen LogP contribution in [0.2, 0.25) is 0 Å². The van der Waals surface area contributed by atoms with Gasteiger partial charge < -0.3 is 25.2 Å². The van der Waals surface area contributed by atoms with Crippen LogP contribution >= 0.6 is 0 Å². The molecule has 1 saturated heterocycles. The molecule has 7 rings (SSSR count). The van der Waals surface area contributed by atoms with Crippen molar-refractivity contribution in [2.45, 2.75) is 82.0 Å². The topological polar surface area (TPSA) is 92.8 Å². The molecule has 1 amide bonds. The van der Waals surface area contributed by atoms with Gasteiger partial charge >= 0.3 is 0 Å². The van der Waals surface area contributed by atoms with Gasteiger partial charge in [-0.2, -0.15) is 0 Å². The number of phenols is 1. The van der Waals surface area contributed by atoms with Crippen LogP contribution in [0.15, 0.2) is 12.1 Å². The number of carbonyl (C=O) groups is 1. The third-order valence-corrected chi connectivity index (χ3v) is 10.9. The molecular formula is C28H41N2O4+. The highest BCUT2D eigenvalue weighted by Crippen LogP contribution is 2.71. The van der Waals surface area contributed by atoms with E-state index in [-0.39, 0.29) is 28.6 Å². The van der Waals surface area contributed by atoms with Crippen LogP contribution in [0, 0.1) is 23.2 Å². The molecule has 7 atom stereocenters. The lowest BCUT2D eigenvalue weighted by atomic mass is 9.42. The summed E-state index contributed by atoms with van der Waals surface area (Å²) in [5, 5.41) is 22.8. The van der Waals surface area contributed by atoms with Gasteiger partial charge in [0.1, 0.15) is 11.8 Å². The van der Waals surface area contributed by atoms with Crippen LogP contribution < -0.4 is 5.73 Å². The van der Waals surface area contributed by atoms with Gasteiger partial charge in [0.15, 0.2) is 0 Å². The average Bonchev–Trinajstić information content (AvgIpc) is 3.57. The molecule has 2 unspecified atom stereocenters. The summed E-state index contributed by atoms with van der Waals surface area (Å²) >= 11 is 0. The van der Waals surface area contributed by atoms with Crippen molar-refractivity contribution < 1.29 is 24.2 Å². The molecule has 1 heterocycles. The monoisotopic (exact) mass is 469 g/mol. The first-order chi connectivity index (χ1) is 15.9. The van der Waals surface area contributed by atoms with Crippen LogP contribution in [0.25, 0.3) is 0 Å². The maximum Gasteiger partial charge on any atom is 0.252 e. The molecule has 1 aromatic rings. The number of fused-ring (bicyclic) bond motifs is 4. The first-order valence-electron chi connectivity index (χ1n) is 13.2. The Morgan fingerprint density at radius 3 is 2.62 bits per heavy atom. The molecule has 0 radical (unpaired) electrons. The molecule has 0 aromatic heterocycles. The highest BCUT2D eigenvalue weighted by molar-refractivity contribution is 5.96. The number of benzene rings is 1. The van der Waals surface area contributed by atoms with Gasteiger partial charge in [0, 0.05) is 35.8 Å². The van der Waals surface area contributed by atoms with E-state index < -0.39 is 17.1 Å². The molecule has 6 heteroatoms. The number of hydrogen-bond donors (Lipinski definition) is 3. The van der Waals surface area contributed by atoms with Crippen LogP contribution in [0.5, 0.6) is 5.75 Å². The highest BCUT2D eigenvalue weighted by atomic mass is 16.5. The van der Waals surface area contributed by atoms with E-state index in [1.165, 1.54) is 31.5 Å². The first kappa shape index (κ1) is 22.8. The van der Waals surface area contributed by atoms with Crippen molar-refractivity contribution in [3.05, 3.63) is 28.8 Å². The summed E-state index contributed by atoms with van der Waals surface area (Å²) in [6.45, 7) is 6.30. The van der Waals surface area contributed by atoms with Gasteiger partial charge in [-0.05, 0) is 70.4 Å². The molecule has 6 aliphatic rings. The van der Waals surface area contributed by atoms with Crippen LogP contribution in [-0.4, -0.2) is 65.1 Å². The zero-order chi connectivity index (χ0) is 24.3. The Bertz CT molecular complexity index is 1050. The van der Waals surface area contributed by atoms with E-state index in [0.717, 1.165) is 48.1 Å². The number of primary amides is 1. The highest BCUT2D eigenvalue weighted by Gasteiger charge is 2.73. The SMILES string of the molecule is CO[C@]12CC[C@]3(C[C@@H]1C(C)(C)O)C(C2)c1c(ccc(C(N)=O)c1O)CC1C[N@+](C)(CC2CC2)[C@H]13. The maximum absolute atomic E-state index is 12.2. The van der Waals surface area contributed by atoms with Gasteiger partial charge in [-0.25, -0.2) is 0 Å². The Hall–Kier alpha value is -1.63. The summed E-state index contributed by atoms with van der Waals surface area (Å²) in [6, 6.07) is 4.26. The molecule has 1 aliphatic heterocycles. The Balaban J connectivity index is 1.55. The van der Waals surface area contributed by atoms with Crippen molar-refractivity contribution >= 4 is 5.91 Å². The average molecular weight is 470 g/mol. The number of rotatable bonds is 5. The summed E-state index contributed by atoms with van der Waals surface area (Å²) in [7, 11) is 4.25. The van der Waals surface area contributed by atoms with Crippen LogP contribution in [-0.2, 0) is 11.2 Å². The van der Waals surface area contributed by atoms with Gasteiger partial charge in [-0.1, -0.05) is 6.07 Å². The maximum atomic E-state index is 12.2. The molecule has 1 aromatic carbocycles. The molecule has 34 heavy (non-hydrogen) atoms. The zero-order valence-electron chi connectivity index (χ0n) is 21.1. The zero-order valence-corrected chi connectivity index (χ0v) is 21.1. The van der Waals surface area contributed by atoms with Crippen molar-refractivity contribution in [1.82, 2.24) is 0 Å². The Morgan fingerprint density at radius 1 is 1.26 bits per heavy atom. The molecule has 4 saturated carbocycles. The van der Waals surface area contributed by atoms with E-state index in [4.69, 9.17) is 10.5 Å². The van der Waals surface area contributed by atoms with Crippen molar-refractivity contribution in [3.63, 3.8) is 0 Å². The van der Waals surface area contributed by atoms with Crippen molar-refractivity contribution in [3.8, 4) is 5.75 Å². The quantitative estimate of drug-likeness (QED) is 0.577. The number of nitrogens with zero attached hydrogens (tertiary/aromatic N) is 1. The lowest BCUT2D eigenvalue weighted by Gasteiger charge is -2.70. The Labute approximate surface area is 203 Å². The summed E-state index contributed by atoms with van der Waals surface area (Å²) < 4.78 is 7.41. The lowest BCUT2D eigenvalue weighted by Crippen LogP contribution is -2.78. The van der Waals surface area contributed by atoms with Crippen LogP contribution in [0.3, 0.4) is 0 Å². The smallest absolute Gasteiger partial charge is 0.252 e. The molecule has 1 spiro atoms. The van der Waals surface area contributed by atoms with Crippen molar-refractivity contribution in [2.75, 3.05) is 27.2 Å². The van der Waals surface area contributed by atoms with Gasteiger partial charge in [0.2, 0.25) is 0 Å². The van der Waals surface area contributed by atoms with E-state index in [1.54, 1.807) is 13.2 Å². The number of aromatic hydroxyl groups is 1. The third-order valence-electron chi connectivity index (χ3n) is 10.9.